The lowest BCUT2D eigenvalue weighted by Crippen LogP contribution is -2.07. The molecule has 2 N–H and O–H groups in total. The zero-order chi connectivity index (χ0) is 5.70. The smallest absolute Gasteiger partial charge is 0.427 e. The summed E-state index contributed by atoms with van der Waals surface area (Å²) in [5.74, 6) is 0. The molecule has 0 aromatic heterocycles. The van der Waals surface area contributed by atoms with Crippen molar-refractivity contribution in [1.29, 1.82) is 0 Å². The van der Waals surface area contributed by atoms with Gasteiger partial charge in [-0.15, -0.1) is 0 Å². The predicted octanol–water partition coefficient (Wildman–Crippen LogP) is -0.0576. The monoisotopic (exact) mass is 104 g/mol. The summed E-state index contributed by atoms with van der Waals surface area (Å²) in [7, 11) is -1.42. The van der Waals surface area contributed by atoms with Gasteiger partial charge in [-0.25, -0.2) is 4.39 Å². The first-order valence-electron chi connectivity index (χ1n) is 1.88. The highest BCUT2D eigenvalue weighted by Crippen LogP contribution is 1.85. The fraction of sp³-hybridized carbons (Fsp3) is 0.333. The molecular formula is C3H6BFO2. The Morgan fingerprint density at radius 2 is 2.14 bits per heavy atom. The molecule has 0 amide bonds. The van der Waals surface area contributed by atoms with Crippen LogP contribution in [0.1, 0.15) is 0 Å². The maximum absolute atomic E-state index is 11.0. The molecule has 0 rings (SSSR count). The quantitative estimate of drug-likeness (QED) is 0.482. The molecule has 0 unspecified atom stereocenters. The van der Waals surface area contributed by atoms with E-state index in [2.05, 4.69) is 0 Å². The number of allylic oxidation sites excluding steroid dienone is 1. The Hall–Kier alpha value is -0.345. The number of halogens is 1. The maximum atomic E-state index is 11.0. The number of hydrogen-bond acceptors (Lipinski definition) is 2. The van der Waals surface area contributed by atoms with E-state index in [4.69, 9.17) is 10.0 Å². The lowest BCUT2D eigenvalue weighted by molar-refractivity contribution is 0.411. The molecule has 7 heavy (non-hydrogen) atoms. The maximum Gasteiger partial charge on any atom is 0.455 e. The lowest BCUT2D eigenvalue weighted by Gasteiger charge is -1.84. The van der Waals surface area contributed by atoms with E-state index >= 15 is 0 Å². The first kappa shape index (κ1) is 6.65. The minimum absolute atomic E-state index is 0.0451. The average molecular weight is 104 g/mol. The Balaban J connectivity index is 2.97. The average Bonchev–Trinajstić information content (AvgIpc) is 1.61. The van der Waals surface area contributed by atoms with Gasteiger partial charge in [0.25, 0.3) is 0 Å². The minimum Gasteiger partial charge on any atom is -0.427 e. The Morgan fingerprint density at radius 3 is 2.29 bits per heavy atom. The molecule has 0 bridgehead atoms. The van der Waals surface area contributed by atoms with Crippen LogP contribution in [0.3, 0.4) is 0 Å². The molecule has 0 aliphatic carbocycles. The molecule has 4 heteroatoms. The first-order chi connectivity index (χ1) is 3.27. The van der Waals surface area contributed by atoms with Crippen LogP contribution in [0.2, 0.25) is 6.32 Å². The summed E-state index contributed by atoms with van der Waals surface area (Å²) in [6.07, 6.45) is 1.26. The molecule has 0 spiro atoms. The highest BCUT2D eigenvalue weighted by molar-refractivity contribution is 6.41. The van der Waals surface area contributed by atoms with E-state index in [1.54, 1.807) is 0 Å². The molecule has 0 aliphatic heterocycles. The van der Waals surface area contributed by atoms with E-state index in [1.807, 2.05) is 0 Å². The largest absolute Gasteiger partial charge is 0.455 e. The number of hydrogen-bond donors (Lipinski definition) is 2. The first-order valence-corrected chi connectivity index (χ1v) is 1.88. The molecule has 0 aromatic carbocycles. The third-order valence-electron chi connectivity index (χ3n) is 0.436. The van der Waals surface area contributed by atoms with Crippen LogP contribution >= 0.6 is 0 Å². The molecule has 0 radical (unpaired) electrons. The summed E-state index contributed by atoms with van der Waals surface area (Å²) in [5, 5.41) is 16.0. The van der Waals surface area contributed by atoms with Gasteiger partial charge in [-0.3, -0.25) is 0 Å². The minimum atomic E-state index is -1.42. The van der Waals surface area contributed by atoms with Crippen molar-refractivity contribution >= 4 is 7.12 Å². The van der Waals surface area contributed by atoms with Crippen molar-refractivity contribution in [3.05, 3.63) is 12.4 Å². The van der Waals surface area contributed by atoms with Gasteiger partial charge in [0, 0.05) is 6.32 Å². The third kappa shape index (κ3) is 5.65. The van der Waals surface area contributed by atoms with Crippen molar-refractivity contribution in [3.8, 4) is 0 Å². The van der Waals surface area contributed by atoms with Gasteiger partial charge < -0.3 is 10.0 Å². The van der Waals surface area contributed by atoms with Crippen LogP contribution in [0, 0.1) is 0 Å². The lowest BCUT2D eigenvalue weighted by atomic mass is 9.87. The van der Waals surface area contributed by atoms with Crippen molar-refractivity contribution in [2.45, 2.75) is 6.32 Å². The zero-order valence-corrected chi connectivity index (χ0v) is 3.71. The molecule has 0 saturated carbocycles. The fourth-order valence-corrected chi connectivity index (χ4v) is 0.173. The van der Waals surface area contributed by atoms with Crippen LogP contribution in [0.25, 0.3) is 0 Å². The molecule has 0 aliphatic rings. The summed E-state index contributed by atoms with van der Waals surface area (Å²) >= 11 is 0. The van der Waals surface area contributed by atoms with Gasteiger partial charge in [0.15, 0.2) is 0 Å². The second-order valence-electron chi connectivity index (χ2n) is 1.08. The van der Waals surface area contributed by atoms with Crippen LogP contribution in [0.15, 0.2) is 12.4 Å². The molecule has 0 heterocycles. The van der Waals surface area contributed by atoms with Gasteiger partial charge in [0.1, 0.15) is 0 Å². The summed E-state index contributed by atoms with van der Waals surface area (Å²) in [6.45, 7) is 0. The molecule has 0 saturated heterocycles. The topological polar surface area (TPSA) is 40.5 Å². The Kier molecular flexibility index (Phi) is 3.64. The van der Waals surface area contributed by atoms with E-state index in [0.29, 0.717) is 0 Å². The predicted molar refractivity (Wildman–Crippen MR) is 25.2 cm³/mol. The summed E-state index contributed by atoms with van der Waals surface area (Å²) < 4.78 is 11.0. The van der Waals surface area contributed by atoms with Gasteiger partial charge in [0.05, 0.1) is 6.33 Å². The van der Waals surface area contributed by atoms with E-state index in [-0.39, 0.29) is 12.6 Å². The normalized spacial score (nSPS) is 10.1. The Labute approximate surface area is 41.4 Å². The van der Waals surface area contributed by atoms with Crippen molar-refractivity contribution < 1.29 is 14.4 Å². The molecule has 0 atom stereocenters. The van der Waals surface area contributed by atoms with Gasteiger partial charge in [0.2, 0.25) is 0 Å². The molecular weight excluding hydrogens is 97.8 g/mol. The summed E-state index contributed by atoms with van der Waals surface area (Å²) in [6, 6.07) is 0. The number of rotatable bonds is 2. The molecule has 40 valence electrons. The van der Waals surface area contributed by atoms with E-state index in [9.17, 15) is 4.39 Å². The zero-order valence-electron chi connectivity index (χ0n) is 3.71. The van der Waals surface area contributed by atoms with Crippen LogP contribution < -0.4 is 0 Å². The Bertz CT molecular complexity index is 64.0. The van der Waals surface area contributed by atoms with Gasteiger partial charge in [-0.2, -0.15) is 0 Å². The standard InChI is InChI=1S/C3H6BFO2/c5-3-1-2-4(6)7/h1,3,6-7H,2H2. The highest BCUT2D eigenvalue weighted by atomic mass is 19.1. The molecule has 0 fully saturated rings. The van der Waals surface area contributed by atoms with Gasteiger partial charge in [-0.1, -0.05) is 6.08 Å². The van der Waals surface area contributed by atoms with E-state index in [0.717, 1.165) is 6.08 Å². The Morgan fingerprint density at radius 1 is 1.57 bits per heavy atom. The van der Waals surface area contributed by atoms with Crippen molar-refractivity contribution in [2.75, 3.05) is 0 Å². The van der Waals surface area contributed by atoms with E-state index in [1.165, 1.54) is 0 Å². The summed E-state index contributed by atoms with van der Waals surface area (Å²) in [4.78, 5) is 0. The van der Waals surface area contributed by atoms with Crippen LogP contribution in [-0.4, -0.2) is 17.2 Å². The highest BCUT2D eigenvalue weighted by Gasteiger charge is 2.00. The van der Waals surface area contributed by atoms with Crippen molar-refractivity contribution in [2.24, 2.45) is 0 Å². The van der Waals surface area contributed by atoms with Gasteiger partial charge in [-0.05, 0) is 0 Å². The third-order valence-corrected chi connectivity index (χ3v) is 0.436. The van der Waals surface area contributed by atoms with Crippen LogP contribution in [0.5, 0.6) is 0 Å². The molecule has 0 aromatic rings. The second kappa shape index (κ2) is 3.83. The van der Waals surface area contributed by atoms with Crippen LogP contribution in [0.4, 0.5) is 4.39 Å². The van der Waals surface area contributed by atoms with Crippen molar-refractivity contribution in [3.63, 3.8) is 0 Å². The van der Waals surface area contributed by atoms with Crippen molar-refractivity contribution in [1.82, 2.24) is 0 Å². The SMILES string of the molecule is OB(O)CC=CF. The van der Waals surface area contributed by atoms with E-state index < -0.39 is 7.12 Å². The summed E-state index contributed by atoms with van der Waals surface area (Å²) in [5.41, 5.74) is 0. The van der Waals surface area contributed by atoms with Crippen LogP contribution in [-0.2, 0) is 0 Å². The van der Waals surface area contributed by atoms with Gasteiger partial charge >= 0.3 is 7.12 Å². The molecule has 2 nitrogen and oxygen atoms in total. The second-order valence-corrected chi connectivity index (χ2v) is 1.08. The fourth-order valence-electron chi connectivity index (χ4n) is 0.173.